The lowest BCUT2D eigenvalue weighted by Crippen LogP contribution is -2.41. The first-order valence-electron chi connectivity index (χ1n) is 7.23. The second-order valence-electron chi connectivity index (χ2n) is 6.03. The minimum absolute atomic E-state index is 0.0112. The van der Waals surface area contributed by atoms with Crippen LogP contribution in [0.5, 0.6) is 0 Å². The van der Waals surface area contributed by atoms with Crippen LogP contribution < -0.4 is 10.2 Å². The van der Waals surface area contributed by atoms with Gasteiger partial charge in [-0.05, 0) is 31.2 Å². The van der Waals surface area contributed by atoms with Crippen LogP contribution in [0.25, 0.3) is 0 Å². The van der Waals surface area contributed by atoms with Crippen molar-refractivity contribution in [3.63, 3.8) is 0 Å². The summed E-state index contributed by atoms with van der Waals surface area (Å²) in [5.74, 6) is 0.0112. The van der Waals surface area contributed by atoms with Gasteiger partial charge >= 0.3 is 0 Å². The van der Waals surface area contributed by atoms with Crippen LogP contribution in [0.15, 0.2) is 24.3 Å². The third-order valence-electron chi connectivity index (χ3n) is 3.73. The minimum atomic E-state index is 0.0112. The highest BCUT2D eigenvalue weighted by molar-refractivity contribution is 5.94. The van der Waals surface area contributed by atoms with Crippen molar-refractivity contribution in [2.24, 2.45) is 0 Å². The van der Waals surface area contributed by atoms with Crippen molar-refractivity contribution < 1.29 is 9.28 Å². The normalized spacial score (nSPS) is 11.2. The Kier molecular flexibility index (Phi) is 6.02. The van der Waals surface area contributed by atoms with E-state index in [1.54, 1.807) is 0 Å². The Balaban J connectivity index is 2.40. The Morgan fingerprint density at radius 1 is 1.20 bits per heavy atom. The Morgan fingerprint density at radius 2 is 1.80 bits per heavy atom. The van der Waals surface area contributed by atoms with Gasteiger partial charge in [0.05, 0.1) is 27.2 Å². The van der Waals surface area contributed by atoms with Crippen molar-refractivity contribution in [3.8, 4) is 0 Å². The molecule has 0 fully saturated rings. The molecule has 1 N–H and O–H groups in total. The van der Waals surface area contributed by atoms with Crippen LogP contribution in [-0.4, -0.2) is 58.2 Å². The van der Waals surface area contributed by atoms with E-state index in [1.807, 2.05) is 43.3 Å². The SMILES string of the molecule is CC[N+](C)(C)CCCNC(=O)c1ccc(N(C)C)cc1. The number of hydrogen-bond donors (Lipinski definition) is 1. The topological polar surface area (TPSA) is 32.3 Å². The van der Waals surface area contributed by atoms with E-state index in [2.05, 4.69) is 26.3 Å². The van der Waals surface area contributed by atoms with Crippen molar-refractivity contribution in [2.75, 3.05) is 52.7 Å². The van der Waals surface area contributed by atoms with Crippen molar-refractivity contribution in [3.05, 3.63) is 29.8 Å². The maximum atomic E-state index is 12.0. The van der Waals surface area contributed by atoms with Gasteiger partial charge in [-0.2, -0.15) is 0 Å². The van der Waals surface area contributed by atoms with E-state index >= 15 is 0 Å². The van der Waals surface area contributed by atoms with Crippen molar-refractivity contribution in [1.82, 2.24) is 5.32 Å². The molecule has 112 valence electrons. The van der Waals surface area contributed by atoms with Gasteiger partial charge < -0.3 is 14.7 Å². The summed E-state index contributed by atoms with van der Waals surface area (Å²) in [6, 6.07) is 7.67. The maximum absolute atomic E-state index is 12.0. The number of amides is 1. The first kappa shape index (κ1) is 16.5. The summed E-state index contributed by atoms with van der Waals surface area (Å²) >= 11 is 0. The highest BCUT2D eigenvalue weighted by atomic mass is 16.1. The number of nitrogens with zero attached hydrogens (tertiary/aromatic N) is 2. The predicted molar refractivity (Wildman–Crippen MR) is 85.2 cm³/mol. The lowest BCUT2D eigenvalue weighted by Gasteiger charge is -2.28. The van der Waals surface area contributed by atoms with E-state index in [1.165, 1.54) is 0 Å². The second kappa shape index (κ2) is 7.29. The van der Waals surface area contributed by atoms with E-state index in [0.29, 0.717) is 0 Å². The number of carbonyl (C=O) groups excluding carboxylic acids is 1. The zero-order valence-corrected chi connectivity index (χ0v) is 13.4. The zero-order valence-electron chi connectivity index (χ0n) is 13.4. The molecule has 0 atom stereocenters. The van der Waals surface area contributed by atoms with E-state index in [0.717, 1.165) is 41.8 Å². The second-order valence-corrected chi connectivity index (χ2v) is 6.03. The molecule has 1 rings (SSSR count). The summed E-state index contributed by atoms with van der Waals surface area (Å²) < 4.78 is 0.993. The highest BCUT2D eigenvalue weighted by Crippen LogP contribution is 2.12. The first-order chi connectivity index (χ1) is 9.35. The van der Waals surface area contributed by atoms with Crippen LogP contribution in [0.4, 0.5) is 5.69 Å². The lowest BCUT2D eigenvalue weighted by atomic mass is 10.2. The standard InChI is InChI=1S/C16H27N3O/c1-6-19(4,5)13-7-12-17-16(20)14-8-10-15(11-9-14)18(2)3/h8-11H,6-7,12-13H2,1-5H3/p+1. The van der Waals surface area contributed by atoms with Gasteiger partial charge in [-0.25, -0.2) is 0 Å². The lowest BCUT2D eigenvalue weighted by molar-refractivity contribution is -0.888. The largest absolute Gasteiger partial charge is 0.378 e. The van der Waals surface area contributed by atoms with E-state index in [4.69, 9.17) is 0 Å². The Bertz CT molecular complexity index is 424. The van der Waals surface area contributed by atoms with Gasteiger partial charge in [0.15, 0.2) is 0 Å². The summed E-state index contributed by atoms with van der Waals surface area (Å²) in [7, 11) is 8.40. The molecule has 1 amide bonds. The molecule has 0 saturated heterocycles. The molecular weight excluding hydrogens is 250 g/mol. The van der Waals surface area contributed by atoms with Gasteiger partial charge in [0.25, 0.3) is 5.91 Å². The van der Waals surface area contributed by atoms with Crippen LogP contribution in [0.2, 0.25) is 0 Å². The van der Waals surface area contributed by atoms with Crippen molar-refractivity contribution in [2.45, 2.75) is 13.3 Å². The number of benzene rings is 1. The third kappa shape index (κ3) is 5.21. The van der Waals surface area contributed by atoms with Gasteiger partial charge in [0.1, 0.15) is 0 Å². The molecular formula is C16H28N3O+. The molecule has 0 radical (unpaired) electrons. The molecule has 0 spiro atoms. The molecule has 0 aliphatic carbocycles. The van der Waals surface area contributed by atoms with E-state index in [9.17, 15) is 4.79 Å². The summed E-state index contributed by atoms with van der Waals surface area (Å²) in [6.45, 7) is 5.11. The molecule has 0 aromatic heterocycles. The minimum Gasteiger partial charge on any atom is -0.378 e. The number of rotatable bonds is 7. The number of hydrogen-bond acceptors (Lipinski definition) is 2. The third-order valence-corrected chi connectivity index (χ3v) is 3.73. The smallest absolute Gasteiger partial charge is 0.251 e. The summed E-state index contributed by atoms with van der Waals surface area (Å²) in [6.07, 6.45) is 1.00. The molecule has 0 aliphatic heterocycles. The van der Waals surface area contributed by atoms with Gasteiger partial charge in [-0.1, -0.05) is 0 Å². The molecule has 0 unspecified atom stereocenters. The van der Waals surface area contributed by atoms with Gasteiger partial charge in [0, 0.05) is 38.3 Å². The van der Waals surface area contributed by atoms with Crippen LogP contribution >= 0.6 is 0 Å². The number of quaternary nitrogens is 1. The van der Waals surface area contributed by atoms with Crippen LogP contribution in [-0.2, 0) is 0 Å². The Labute approximate surface area is 123 Å². The fourth-order valence-corrected chi connectivity index (χ4v) is 1.88. The molecule has 4 heteroatoms. The fraction of sp³-hybridized carbons (Fsp3) is 0.562. The molecule has 0 saturated carbocycles. The summed E-state index contributed by atoms with van der Waals surface area (Å²) in [5, 5.41) is 2.98. The fourth-order valence-electron chi connectivity index (χ4n) is 1.88. The quantitative estimate of drug-likeness (QED) is 0.611. The molecule has 4 nitrogen and oxygen atoms in total. The Morgan fingerprint density at radius 3 is 2.30 bits per heavy atom. The number of nitrogens with one attached hydrogen (secondary N) is 1. The summed E-state index contributed by atoms with van der Waals surface area (Å²) in [5.41, 5.74) is 1.82. The molecule has 0 aliphatic rings. The van der Waals surface area contributed by atoms with Crippen LogP contribution in [0.3, 0.4) is 0 Å². The predicted octanol–water partition coefficient (Wildman–Crippen LogP) is 1.97. The molecule has 0 bridgehead atoms. The van der Waals surface area contributed by atoms with Gasteiger partial charge in [-0.15, -0.1) is 0 Å². The van der Waals surface area contributed by atoms with E-state index in [-0.39, 0.29) is 5.91 Å². The average molecular weight is 278 g/mol. The maximum Gasteiger partial charge on any atom is 0.251 e. The van der Waals surface area contributed by atoms with Crippen LogP contribution in [0, 0.1) is 0 Å². The van der Waals surface area contributed by atoms with Crippen molar-refractivity contribution in [1.29, 1.82) is 0 Å². The molecule has 0 heterocycles. The van der Waals surface area contributed by atoms with E-state index < -0.39 is 0 Å². The van der Waals surface area contributed by atoms with Gasteiger partial charge in [0.2, 0.25) is 0 Å². The molecule has 1 aromatic carbocycles. The molecule has 1 aromatic rings. The number of anilines is 1. The molecule has 20 heavy (non-hydrogen) atoms. The number of carbonyl (C=O) groups is 1. The summed E-state index contributed by atoms with van der Waals surface area (Å²) in [4.78, 5) is 14.0. The average Bonchev–Trinajstić information content (AvgIpc) is 2.43. The van der Waals surface area contributed by atoms with Gasteiger partial charge in [-0.3, -0.25) is 4.79 Å². The Hall–Kier alpha value is -1.55. The first-order valence-corrected chi connectivity index (χ1v) is 7.23. The monoisotopic (exact) mass is 278 g/mol. The highest BCUT2D eigenvalue weighted by Gasteiger charge is 2.11. The zero-order chi connectivity index (χ0) is 15.2. The van der Waals surface area contributed by atoms with Crippen molar-refractivity contribution >= 4 is 11.6 Å². The van der Waals surface area contributed by atoms with Crippen LogP contribution in [0.1, 0.15) is 23.7 Å².